The van der Waals surface area contributed by atoms with Gasteiger partial charge >= 0.3 is 0 Å². The second kappa shape index (κ2) is 33.7. The molecule has 14 aromatic carbocycles. The lowest BCUT2D eigenvalue weighted by Gasteiger charge is -2.30. The predicted octanol–water partition coefficient (Wildman–Crippen LogP) is 31.6. The predicted molar refractivity (Wildman–Crippen MR) is 560 cm³/mol. The van der Waals surface area contributed by atoms with Crippen molar-refractivity contribution in [3.63, 3.8) is 0 Å². The van der Waals surface area contributed by atoms with Crippen molar-refractivity contribution in [2.75, 3.05) is 0 Å². The maximum absolute atomic E-state index is 5.11. The number of benzene rings is 14. The molecule has 137 heavy (non-hydrogen) atoms. The second-order valence-corrected chi connectivity index (χ2v) is 36.2. The van der Waals surface area contributed by atoms with Crippen molar-refractivity contribution < 1.29 is 0 Å². The van der Waals surface area contributed by atoms with Gasteiger partial charge in [0.05, 0.1) is 62.0 Å². The lowest BCUT2D eigenvalue weighted by atomic mass is 9.70. The summed E-state index contributed by atoms with van der Waals surface area (Å²) in [7, 11) is 0. The van der Waals surface area contributed by atoms with E-state index in [1.165, 1.54) is 94.1 Å². The Hall–Kier alpha value is -17.9. The Labute approximate surface area is 795 Å². The molecule has 642 valence electrons. The number of fused-ring (bicyclic) bond motifs is 16. The Morgan fingerprint density at radius 2 is 0.460 bits per heavy atom. The van der Waals surface area contributed by atoms with Gasteiger partial charge in [0.1, 0.15) is 0 Å². The number of hydrogen-bond donors (Lipinski definition) is 0. The van der Waals surface area contributed by atoms with Crippen LogP contribution in [0.25, 0.3) is 218 Å². The smallest absolute Gasteiger partial charge is 0.0725 e. The summed E-state index contributed by atoms with van der Waals surface area (Å²) in [5.41, 5.74) is 47.7. The van der Waals surface area contributed by atoms with Gasteiger partial charge in [-0.25, -0.2) is 19.9 Å². The first-order valence-electron chi connectivity index (χ1n) is 46.6. The second-order valence-electron chi connectivity index (χ2n) is 36.2. The number of aromatic nitrogens is 9. The molecule has 26 rings (SSSR count). The molecule has 0 bridgehead atoms. The third-order valence-corrected chi connectivity index (χ3v) is 27.8. The number of pyridine rings is 8. The highest BCUT2D eigenvalue weighted by atomic mass is 15.0. The quantitative estimate of drug-likeness (QED) is 0.0999. The summed E-state index contributed by atoms with van der Waals surface area (Å²) in [4.78, 5) is 37.8. The first-order valence-corrected chi connectivity index (χ1v) is 46.6. The van der Waals surface area contributed by atoms with Crippen molar-refractivity contribution in [3.05, 3.63) is 514 Å². The van der Waals surface area contributed by atoms with Crippen molar-refractivity contribution in [2.45, 2.75) is 24.7 Å². The summed E-state index contributed by atoms with van der Waals surface area (Å²) in [5.74, 6) is 0. The molecule has 0 saturated heterocycles. The number of hydrogen-bond acceptors (Lipinski definition) is 8. The van der Waals surface area contributed by atoms with Crippen molar-refractivity contribution in [2.24, 2.45) is 0 Å². The number of rotatable bonds is 15. The van der Waals surface area contributed by atoms with Gasteiger partial charge in [-0.3, -0.25) is 19.9 Å². The van der Waals surface area contributed by atoms with Gasteiger partial charge in [-0.2, -0.15) is 0 Å². The molecule has 9 heterocycles. The average Bonchev–Trinajstić information content (AvgIpc) is 1.50. The van der Waals surface area contributed by atoms with Gasteiger partial charge in [-0.05, 0) is 334 Å². The van der Waals surface area contributed by atoms with Crippen LogP contribution in [0.3, 0.4) is 0 Å². The van der Waals surface area contributed by atoms with Crippen LogP contribution in [0.2, 0.25) is 0 Å². The van der Waals surface area contributed by atoms with Gasteiger partial charge in [0.25, 0.3) is 0 Å². The maximum Gasteiger partial charge on any atom is 0.0725 e. The van der Waals surface area contributed by atoms with Gasteiger partial charge in [-0.15, -0.1) is 0 Å². The van der Waals surface area contributed by atoms with Gasteiger partial charge in [-0.1, -0.05) is 244 Å². The Morgan fingerprint density at radius 3 is 0.832 bits per heavy atom. The molecule has 3 aliphatic rings. The summed E-state index contributed by atoms with van der Waals surface area (Å²) in [6.07, 6.45) is 14.6. The maximum atomic E-state index is 5.11. The van der Waals surface area contributed by atoms with E-state index in [4.69, 9.17) is 19.9 Å². The van der Waals surface area contributed by atoms with Gasteiger partial charge in [0, 0.05) is 116 Å². The first-order chi connectivity index (χ1) is 67.6. The number of nitrogens with zero attached hydrogens (tertiary/aromatic N) is 9. The van der Waals surface area contributed by atoms with Gasteiger partial charge in [0.2, 0.25) is 0 Å². The van der Waals surface area contributed by atoms with E-state index in [1.807, 2.05) is 85.5 Å². The average molecular weight is 1750 g/mol. The molecule has 0 amide bonds. The molecule has 0 fully saturated rings. The lowest BCUT2D eigenvalue weighted by Crippen LogP contribution is -2.25. The summed E-state index contributed by atoms with van der Waals surface area (Å²) < 4.78 is 2.45. The largest absolute Gasteiger partial charge is 0.309 e. The Balaban J connectivity index is 0.000000146. The van der Waals surface area contributed by atoms with E-state index in [1.54, 1.807) is 24.8 Å². The lowest BCUT2D eigenvalue weighted by molar-refractivity contribution is 0.661. The Kier molecular flexibility index (Phi) is 20.0. The molecule has 9 aromatic heterocycles. The topological polar surface area (TPSA) is 108 Å². The molecule has 9 nitrogen and oxygen atoms in total. The summed E-state index contributed by atoms with van der Waals surface area (Å²) in [5, 5.41) is 2.46. The molecule has 0 N–H and O–H groups in total. The van der Waals surface area contributed by atoms with Crippen LogP contribution in [0.5, 0.6) is 0 Å². The van der Waals surface area contributed by atoms with Crippen LogP contribution < -0.4 is 0 Å². The van der Waals surface area contributed by atoms with Crippen LogP contribution in [0.15, 0.2) is 480 Å². The fourth-order valence-electron chi connectivity index (χ4n) is 21.3. The standard InChI is InChI=1S/C65H45N5.C63H40N4/c1-65(2)57-23-7-6-22-53(57)54-38-56-55-37-44(28-29-63(55)70(64(56)39-58(54)65)52-20-4-3-5-21-52)51-35-49(42-14-8-16-45(32-42)59-24-10-26-61(68-59)47-18-12-30-66-40-47)34-50(36-51)43-15-9-17-46(33-43)60-25-11-27-62(69-60)48-19-13-31-67-41-48;1-4-22-55-51(19-1)52-20-2-5-23-56(52)63(55)57-24-6-3-21-53(57)54-30-29-43(38-58(54)63)50-36-48(41-13-7-15-44(33-41)59-25-9-27-61(66-59)46-17-11-31-64-39-46)35-49(37-50)42-14-8-16-45(34-42)60-26-10-28-62(67-60)47-18-12-32-65-40-47/h3-41H,1-2H3;1-40H. The van der Waals surface area contributed by atoms with Crippen LogP contribution in [0.4, 0.5) is 0 Å². The molecule has 23 aromatic rings. The van der Waals surface area contributed by atoms with E-state index >= 15 is 0 Å². The minimum atomic E-state index is -0.438. The van der Waals surface area contributed by atoms with E-state index in [0.29, 0.717) is 0 Å². The summed E-state index contributed by atoms with van der Waals surface area (Å²) >= 11 is 0. The van der Waals surface area contributed by atoms with E-state index in [0.717, 1.165) is 157 Å². The van der Waals surface area contributed by atoms with E-state index in [-0.39, 0.29) is 5.41 Å². The highest BCUT2D eigenvalue weighted by Crippen LogP contribution is 2.64. The molecule has 0 radical (unpaired) electrons. The zero-order valence-corrected chi connectivity index (χ0v) is 75.1. The summed E-state index contributed by atoms with van der Waals surface area (Å²) in [6, 6.07) is 156. The third-order valence-electron chi connectivity index (χ3n) is 27.8. The van der Waals surface area contributed by atoms with Crippen molar-refractivity contribution in [3.8, 4) is 196 Å². The Bertz CT molecular complexity index is 8330. The molecule has 0 aliphatic heterocycles. The minimum absolute atomic E-state index is 0.120. The normalized spacial score (nSPS) is 12.6. The van der Waals surface area contributed by atoms with E-state index in [2.05, 4.69) is 408 Å². The van der Waals surface area contributed by atoms with Crippen LogP contribution in [0, 0.1) is 0 Å². The van der Waals surface area contributed by atoms with Crippen molar-refractivity contribution >= 4 is 21.8 Å². The molecular weight excluding hydrogens is 1660 g/mol. The minimum Gasteiger partial charge on any atom is -0.309 e. The first kappa shape index (κ1) is 81.1. The van der Waals surface area contributed by atoms with Crippen LogP contribution in [-0.2, 0) is 10.8 Å². The Morgan fingerprint density at radius 1 is 0.175 bits per heavy atom. The highest BCUT2D eigenvalue weighted by molar-refractivity contribution is 6.13. The molecule has 1 spiro atoms. The molecule has 0 unspecified atom stereocenters. The SMILES string of the molecule is CC1(C)c2ccccc2-c2cc3c4cc(-c5cc(-c6cccc(-c7cccc(-c8cccnc8)n7)c6)cc(-c6cccc(-c7cccc(-c8cccnc8)n7)c6)c5)ccc4n(-c4ccccc4)c3cc21.c1cncc(-c2cccc(-c3cccc(-c4cc(-c5cccc(-c6cccc(-c7cccnc7)n6)c5)cc(-c5ccc6c(c5)C5(c7ccccc7-c7ccccc75)c5ccccc5-6)c4)c3)n2)c1. The molecular formula is C128H85N9. The van der Waals surface area contributed by atoms with Crippen LogP contribution in [-0.4, -0.2) is 44.4 Å². The monoisotopic (exact) mass is 1750 g/mol. The van der Waals surface area contributed by atoms with Crippen LogP contribution in [0.1, 0.15) is 47.2 Å². The summed E-state index contributed by atoms with van der Waals surface area (Å²) in [6.45, 7) is 4.72. The fourth-order valence-corrected chi connectivity index (χ4v) is 21.3. The molecule has 0 saturated carbocycles. The van der Waals surface area contributed by atoms with Crippen LogP contribution >= 0.6 is 0 Å². The van der Waals surface area contributed by atoms with E-state index < -0.39 is 5.41 Å². The third kappa shape index (κ3) is 14.4. The zero-order chi connectivity index (χ0) is 91.1. The number of para-hydroxylation sites is 1. The van der Waals surface area contributed by atoms with Gasteiger partial charge < -0.3 is 4.57 Å². The molecule has 9 heteroatoms. The van der Waals surface area contributed by atoms with Crippen molar-refractivity contribution in [1.82, 2.24) is 44.4 Å². The van der Waals surface area contributed by atoms with Gasteiger partial charge in [0.15, 0.2) is 0 Å². The molecule has 0 atom stereocenters. The zero-order valence-electron chi connectivity index (χ0n) is 75.1. The van der Waals surface area contributed by atoms with E-state index in [9.17, 15) is 0 Å². The fraction of sp³-hybridized carbons (Fsp3) is 0.0312. The van der Waals surface area contributed by atoms with Crippen molar-refractivity contribution in [1.29, 1.82) is 0 Å². The highest BCUT2D eigenvalue weighted by Gasteiger charge is 2.52. The molecule has 3 aliphatic carbocycles.